The highest BCUT2D eigenvalue weighted by atomic mass is 16.5. The number of piperidine rings is 1. The molecule has 0 amide bonds. The Hall–Kier alpha value is -1.49. The number of rotatable bonds is 2. The lowest BCUT2D eigenvalue weighted by atomic mass is 9.77. The number of aryl methyl sites for hydroxylation is 1. The van der Waals surface area contributed by atoms with Crippen LogP contribution in [0.4, 0.5) is 0 Å². The third-order valence-electron chi connectivity index (χ3n) is 7.37. The first kappa shape index (κ1) is 18.5. The molecule has 0 saturated carbocycles. The molecule has 3 aliphatic heterocycles. The summed E-state index contributed by atoms with van der Waals surface area (Å²) < 4.78 is 11.9. The van der Waals surface area contributed by atoms with Crippen LogP contribution < -0.4 is 0 Å². The largest absolute Gasteiger partial charge is 0.381 e. The smallest absolute Gasteiger partial charge is 0.167 e. The van der Waals surface area contributed by atoms with Gasteiger partial charge in [-0.25, -0.2) is 0 Å². The van der Waals surface area contributed by atoms with Gasteiger partial charge in [-0.15, -0.1) is 0 Å². The fraction of sp³-hybridized carbons (Fsp3) is 0.625. The van der Waals surface area contributed by atoms with Crippen LogP contribution in [-0.4, -0.2) is 55.7 Å². The summed E-state index contributed by atoms with van der Waals surface area (Å²) in [4.78, 5) is 15.4. The third-order valence-corrected chi connectivity index (χ3v) is 7.37. The van der Waals surface area contributed by atoms with Crippen molar-refractivity contribution < 1.29 is 14.3 Å². The van der Waals surface area contributed by atoms with Gasteiger partial charge in [0.2, 0.25) is 0 Å². The summed E-state index contributed by atoms with van der Waals surface area (Å²) in [5, 5.41) is 0. The fourth-order valence-corrected chi connectivity index (χ4v) is 5.74. The Bertz CT molecular complexity index is 785. The number of hydrogen-bond donors (Lipinski definition) is 0. The predicted octanol–water partition coefficient (Wildman–Crippen LogP) is 4.01. The number of likely N-dealkylation sites (tertiary alicyclic amines) is 1. The monoisotopic (exact) mass is 381 g/mol. The van der Waals surface area contributed by atoms with E-state index in [1.807, 2.05) is 12.1 Å². The summed E-state index contributed by atoms with van der Waals surface area (Å²) in [6.45, 7) is 6.99. The number of nitrogens with zero attached hydrogens (tertiary/aromatic N) is 1. The molecule has 0 radical (unpaired) electrons. The van der Waals surface area contributed by atoms with Crippen LogP contribution in [0.2, 0.25) is 0 Å². The molecule has 2 saturated heterocycles. The molecule has 1 aromatic carbocycles. The molecule has 4 heteroatoms. The molecule has 0 aromatic heterocycles. The van der Waals surface area contributed by atoms with E-state index in [0.717, 1.165) is 30.8 Å². The molecule has 2 fully saturated rings. The van der Waals surface area contributed by atoms with Crippen molar-refractivity contribution >= 4 is 11.4 Å². The summed E-state index contributed by atoms with van der Waals surface area (Å²) in [5.74, 6) is 0.908. The average molecular weight is 382 g/mol. The van der Waals surface area contributed by atoms with E-state index in [2.05, 4.69) is 17.9 Å². The number of carbonyl (C=O) groups excluding carboxylic acids is 1. The molecular formula is C24H31NO3. The van der Waals surface area contributed by atoms with Gasteiger partial charge in [0, 0.05) is 31.2 Å². The Morgan fingerprint density at radius 3 is 2.64 bits per heavy atom. The first-order chi connectivity index (χ1) is 13.7. The minimum absolute atomic E-state index is 0.285. The van der Waals surface area contributed by atoms with Gasteiger partial charge in [-0.3, -0.25) is 4.79 Å². The Morgan fingerprint density at radius 2 is 1.86 bits per heavy atom. The third kappa shape index (κ3) is 3.36. The Morgan fingerprint density at radius 1 is 1.07 bits per heavy atom. The maximum Gasteiger partial charge on any atom is 0.167 e. The molecular weight excluding hydrogens is 350 g/mol. The molecule has 1 atom stereocenters. The lowest BCUT2D eigenvalue weighted by Crippen LogP contribution is -2.46. The fourth-order valence-electron chi connectivity index (χ4n) is 5.74. The summed E-state index contributed by atoms with van der Waals surface area (Å²) in [6, 6.07) is 6.80. The SMILES string of the molecule is Cc1cccc2c1C1=C(CC2=O)CC(C2CCN(C3CCOCC3)CC2)OC1. The average Bonchev–Trinajstić information content (AvgIpc) is 2.74. The standard InChI is InChI=1S/C24H31NO3/c1-16-3-2-4-20-22(26)13-18-14-23(28-15-21(18)24(16)20)17-5-9-25(10-6-17)19-7-11-27-12-8-19/h2-4,17,19,23H,5-15H2,1H3. The molecule has 1 aliphatic carbocycles. The topological polar surface area (TPSA) is 38.8 Å². The van der Waals surface area contributed by atoms with Crippen LogP contribution in [0.1, 0.15) is 60.0 Å². The van der Waals surface area contributed by atoms with Crippen LogP contribution >= 0.6 is 0 Å². The summed E-state index contributed by atoms with van der Waals surface area (Å²) >= 11 is 0. The van der Waals surface area contributed by atoms with Crippen molar-refractivity contribution in [2.24, 2.45) is 5.92 Å². The van der Waals surface area contributed by atoms with Crippen molar-refractivity contribution in [3.63, 3.8) is 0 Å². The number of carbonyl (C=O) groups is 1. The van der Waals surface area contributed by atoms with Crippen LogP contribution in [0.5, 0.6) is 0 Å². The minimum atomic E-state index is 0.285. The van der Waals surface area contributed by atoms with Crippen LogP contribution in [0.3, 0.4) is 0 Å². The second-order valence-electron chi connectivity index (χ2n) is 8.95. The van der Waals surface area contributed by atoms with Crippen molar-refractivity contribution in [1.29, 1.82) is 0 Å². The maximum atomic E-state index is 12.7. The van der Waals surface area contributed by atoms with Gasteiger partial charge in [0.15, 0.2) is 5.78 Å². The van der Waals surface area contributed by atoms with E-state index < -0.39 is 0 Å². The first-order valence-electron chi connectivity index (χ1n) is 11.0. The van der Waals surface area contributed by atoms with E-state index in [0.29, 0.717) is 25.0 Å². The van der Waals surface area contributed by atoms with Gasteiger partial charge in [-0.2, -0.15) is 0 Å². The zero-order valence-corrected chi connectivity index (χ0v) is 16.9. The Balaban J connectivity index is 1.27. The van der Waals surface area contributed by atoms with E-state index in [1.165, 1.54) is 55.5 Å². The first-order valence-corrected chi connectivity index (χ1v) is 11.0. The number of fused-ring (bicyclic) bond motifs is 2. The van der Waals surface area contributed by atoms with Gasteiger partial charge < -0.3 is 14.4 Å². The zero-order chi connectivity index (χ0) is 19.1. The quantitative estimate of drug-likeness (QED) is 0.776. The lowest BCUT2D eigenvalue weighted by Gasteiger charge is -2.42. The van der Waals surface area contributed by atoms with Gasteiger partial charge >= 0.3 is 0 Å². The molecule has 28 heavy (non-hydrogen) atoms. The molecule has 0 spiro atoms. The molecule has 1 aromatic rings. The Labute approximate surface area is 167 Å². The maximum absolute atomic E-state index is 12.7. The highest BCUT2D eigenvalue weighted by Gasteiger charge is 2.36. The van der Waals surface area contributed by atoms with Gasteiger partial charge in [0.25, 0.3) is 0 Å². The number of hydrogen-bond acceptors (Lipinski definition) is 4. The van der Waals surface area contributed by atoms with Gasteiger partial charge in [-0.1, -0.05) is 23.8 Å². The van der Waals surface area contributed by atoms with Crippen LogP contribution in [0, 0.1) is 12.8 Å². The molecule has 1 unspecified atom stereocenters. The van der Waals surface area contributed by atoms with Crippen LogP contribution in [0.25, 0.3) is 5.57 Å². The predicted molar refractivity (Wildman–Crippen MR) is 110 cm³/mol. The lowest BCUT2D eigenvalue weighted by molar-refractivity contribution is -0.0206. The molecule has 0 N–H and O–H groups in total. The van der Waals surface area contributed by atoms with Crippen molar-refractivity contribution in [1.82, 2.24) is 4.90 Å². The Kier molecular flexibility index (Phi) is 5.12. The highest BCUT2D eigenvalue weighted by Crippen LogP contribution is 2.41. The van der Waals surface area contributed by atoms with E-state index in [-0.39, 0.29) is 11.9 Å². The van der Waals surface area contributed by atoms with Gasteiger partial charge in [0.05, 0.1) is 12.7 Å². The van der Waals surface area contributed by atoms with Gasteiger partial charge in [-0.05, 0) is 74.7 Å². The highest BCUT2D eigenvalue weighted by molar-refractivity contribution is 6.06. The summed E-state index contributed by atoms with van der Waals surface area (Å²) in [7, 11) is 0. The zero-order valence-electron chi connectivity index (χ0n) is 16.9. The molecule has 5 rings (SSSR count). The molecule has 0 bridgehead atoms. The molecule has 4 aliphatic rings. The van der Waals surface area contributed by atoms with E-state index in [9.17, 15) is 4.79 Å². The number of ketones is 1. The minimum Gasteiger partial charge on any atom is -0.381 e. The van der Waals surface area contributed by atoms with Crippen molar-refractivity contribution in [2.45, 2.75) is 57.6 Å². The number of ether oxygens (including phenoxy) is 2. The second kappa shape index (κ2) is 7.74. The van der Waals surface area contributed by atoms with Crippen LogP contribution in [-0.2, 0) is 9.47 Å². The van der Waals surface area contributed by atoms with E-state index >= 15 is 0 Å². The van der Waals surface area contributed by atoms with Crippen molar-refractivity contribution in [3.05, 3.63) is 40.5 Å². The van der Waals surface area contributed by atoms with Crippen LogP contribution in [0.15, 0.2) is 23.8 Å². The van der Waals surface area contributed by atoms with Crippen molar-refractivity contribution in [3.8, 4) is 0 Å². The molecule has 4 nitrogen and oxygen atoms in total. The normalized spacial score (nSPS) is 27.6. The number of Topliss-reactive ketones (excluding diaryl/α,β-unsaturated/α-hetero) is 1. The number of benzene rings is 1. The molecule has 150 valence electrons. The van der Waals surface area contributed by atoms with Gasteiger partial charge in [0.1, 0.15) is 0 Å². The molecule has 3 heterocycles. The second-order valence-corrected chi connectivity index (χ2v) is 8.95. The van der Waals surface area contributed by atoms with E-state index in [4.69, 9.17) is 9.47 Å². The summed E-state index contributed by atoms with van der Waals surface area (Å²) in [6.07, 6.45) is 6.61. The summed E-state index contributed by atoms with van der Waals surface area (Å²) in [5.41, 5.74) is 5.88. The van der Waals surface area contributed by atoms with Crippen molar-refractivity contribution in [2.75, 3.05) is 32.9 Å². The van der Waals surface area contributed by atoms with E-state index in [1.54, 1.807) is 0 Å².